The SMILES string of the molecule is CCOC(=O)c1nnn(C(CC)C(=O)Nc2cc(C)ccc2C)c1C(=O)OCC. The van der Waals surface area contributed by atoms with Crippen molar-refractivity contribution in [2.24, 2.45) is 0 Å². The number of hydrogen-bond acceptors (Lipinski definition) is 7. The first-order chi connectivity index (χ1) is 13.8. The topological polar surface area (TPSA) is 112 Å². The van der Waals surface area contributed by atoms with E-state index >= 15 is 0 Å². The van der Waals surface area contributed by atoms with Crippen LogP contribution in [0.5, 0.6) is 0 Å². The van der Waals surface area contributed by atoms with Crippen LogP contribution in [-0.2, 0) is 14.3 Å². The van der Waals surface area contributed by atoms with Gasteiger partial charge >= 0.3 is 11.9 Å². The van der Waals surface area contributed by atoms with Crippen LogP contribution >= 0.6 is 0 Å². The molecule has 1 N–H and O–H groups in total. The molecule has 9 nitrogen and oxygen atoms in total. The van der Waals surface area contributed by atoms with Crippen LogP contribution in [-0.4, -0.2) is 46.1 Å². The van der Waals surface area contributed by atoms with Gasteiger partial charge in [0.15, 0.2) is 5.69 Å². The van der Waals surface area contributed by atoms with Crippen molar-refractivity contribution in [3.63, 3.8) is 0 Å². The van der Waals surface area contributed by atoms with Gasteiger partial charge in [-0.25, -0.2) is 14.3 Å². The summed E-state index contributed by atoms with van der Waals surface area (Å²) in [6.07, 6.45) is 0.314. The second-order valence-electron chi connectivity index (χ2n) is 6.40. The zero-order chi connectivity index (χ0) is 21.6. The second kappa shape index (κ2) is 9.81. The van der Waals surface area contributed by atoms with E-state index in [0.29, 0.717) is 12.1 Å². The molecule has 1 atom stereocenters. The Morgan fingerprint density at radius 2 is 1.72 bits per heavy atom. The molecule has 0 aliphatic carbocycles. The van der Waals surface area contributed by atoms with E-state index < -0.39 is 18.0 Å². The first-order valence-corrected chi connectivity index (χ1v) is 9.51. The van der Waals surface area contributed by atoms with E-state index in [2.05, 4.69) is 15.6 Å². The van der Waals surface area contributed by atoms with E-state index in [0.717, 1.165) is 15.8 Å². The van der Waals surface area contributed by atoms with Crippen molar-refractivity contribution < 1.29 is 23.9 Å². The number of nitrogens with one attached hydrogen (secondary N) is 1. The molecule has 2 rings (SSSR count). The van der Waals surface area contributed by atoms with Crippen molar-refractivity contribution >= 4 is 23.5 Å². The highest BCUT2D eigenvalue weighted by Crippen LogP contribution is 2.22. The van der Waals surface area contributed by atoms with Crippen molar-refractivity contribution in [2.75, 3.05) is 18.5 Å². The summed E-state index contributed by atoms with van der Waals surface area (Å²) in [5.41, 5.74) is 2.08. The molecular formula is C20H26N4O5. The highest BCUT2D eigenvalue weighted by molar-refractivity contribution is 6.01. The Morgan fingerprint density at radius 3 is 2.34 bits per heavy atom. The van der Waals surface area contributed by atoms with Gasteiger partial charge in [0, 0.05) is 5.69 Å². The maximum atomic E-state index is 13.0. The van der Waals surface area contributed by atoms with E-state index in [-0.39, 0.29) is 30.5 Å². The van der Waals surface area contributed by atoms with Crippen LogP contribution in [0.25, 0.3) is 0 Å². The van der Waals surface area contributed by atoms with Gasteiger partial charge in [0.2, 0.25) is 11.6 Å². The molecule has 1 aromatic carbocycles. The number of benzene rings is 1. The summed E-state index contributed by atoms with van der Waals surface area (Å²) in [4.78, 5) is 37.7. The molecule has 0 aliphatic heterocycles. The van der Waals surface area contributed by atoms with Gasteiger partial charge in [-0.2, -0.15) is 0 Å². The molecule has 0 spiro atoms. The zero-order valence-electron chi connectivity index (χ0n) is 17.3. The van der Waals surface area contributed by atoms with Crippen LogP contribution in [0.1, 0.15) is 65.3 Å². The Hall–Kier alpha value is -3.23. The molecule has 1 heterocycles. The standard InChI is InChI=1S/C20H26N4O5/c1-6-15(18(25)21-14-11-12(4)9-10-13(14)5)24-17(20(27)29-8-3)16(22-23-24)19(26)28-7-2/h9-11,15H,6-8H2,1-5H3,(H,21,25). The van der Waals surface area contributed by atoms with E-state index in [1.165, 1.54) is 0 Å². The average molecular weight is 402 g/mol. The molecule has 0 radical (unpaired) electrons. The second-order valence-corrected chi connectivity index (χ2v) is 6.40. The number of aryl methyl sites for hydroxylation is 2. The van der Waals surface area contributed by atoms with Crippen molar-refractivity contribution in [1.29, 1.82) is 0 Å². The molecular weight excluding hydrogens is 376 g/mol. The first kappa shape index (κ1) is 22.1. The van der Waals surface area contributed by atoms with Crippen LogP contribution in [0.3, 0.4) is 0 Å². The number of aromatic nitrogens is 3. The summed E-state index contributed by atoms with van der Waals surface area (Å²) in [6, 6.07) is 4.84. The molecule has 9 heteroatoms. The quantitative estimate of drug-likeness (QED) is 0.676. The molecule has 1 unspecified atom stereocenters. The lowest BCUT2D eigenvalue weighted by atomic mass is 10.1. The minimum atomic E-state index is -0.870. The molecule has 0 aliphatic rings. The van der Waals surface area contributed by atoms with Gasteiger partial charge in [-0.05, 0) is 51.3 Å². The van der Waals surface area contributed by atoms with Gasteiger partial charge in [0.25, 0.3) is 0 Å². The first-order valence-electron chi connectivity index (χ1n) is 9.51. The molecule has 1 amide bonds. The van der Waals surface area contributed by atoms with Gasteiger partial charge in [0.1, 0.15) is 6.04 Å². The Morgan fingerprint density at radius 1 is 1.07 bits per heavy atom. The fourth-order valence-corrected chi connectivity index (χ4v) is 2.79. The molecule has 0 saturated carbocycles. The maximum absolute atomic E-state index is 13.0. The largest absolute Gasteiger partial charge is 0.461 e. The van der Waals surface area contributed by atoms with E-state index in [9.17, 15) is 14.4 Å². The smallest absolute Gasteiger partial charge is 0.361 e. The van der Waals surface area contributed by atoms with Crippen molar-refractivity contribution in [1.82, 2.24) is 15.0 Å². The lowest BCUT2D eigenvalue weighted by Gasteiger charge is -2.18. The summed E-state index contributed by atoms with van der Waals surface area (Å²) < 4.78 is 11.1. The monoisotopic (exact) mass is 402 g/mol. The van der Waals surface area contributed by atoms with Crippen LogP contribution in [0.2, 0.25) is 0 Å². The summed E-state index contributed by atoms with van der Waals surface area (Å²) in [5, 5.41) is 10.6. The number of carbonyl (C=O) groups is 3. The normalized spacial score (nSPS) is 11.6. The third kappa shape index (κ3) is 4.98. The number of rotatable bonds is 8. The third-order valence-corrected chi connectivity index (χ3v) is 4.27. The molecule has 29 heavy (non-hydrogen) atoms. The number of amides is 1. The van der Waals surface area contributed by atoms with E-state index in [4.69, 9.17) is 9.47 Å². The summed E-state index contributed by atoms with van der Waals surface area (Å²) in [6.45, 7) is 9.06. The van der Waals surface area contributed by atoms with Crippen molar-refractivity contribution in [3.8, 4) is 0 Å². The number of esters is 2. The molecule has 156 valence electrons. The molecule has 0 bridgehead atoms. The minimum absolute atomic E-state index is 0.0950. The fraction of sp³-hybridized carbons (Fsp3) is 0.450. The molecule has 2 aromatic rings. The Labute approximate surface area is 169 Å². The number of anilines is 1. The fourth-order valence-electron chi connectivity index (χ4n) is 2.79. The molecule has 0 fully saturated rings. The lowest BCUT2D eigenvalue weighted by molar-refractivity contribution is -0.119. The Kier molecular flexibility index (Phi) is 7.46. The van der Waals surface area contributed by atoms with Gasteiger partial charge < -0.3 is 14.8 Å². The zero-order valence-corrected chi connectivity index (χ0v) is 17.3. The predicted molar refractivity (Wildman–Crippen MR) is 106 cm³/mol. The van der Waals surface area contributed by atoms with Gasteiger partial charge in [-0.3, -0.25) is 4.79 Å². The van der Waals surface area contributed by atoms with Crippen LogP contribution < -0.4 is 5.32 Å². The Bertz CT molecular complexity index is 906. The highest BCUT2D eigenvalue weighted by Gasteiger charge is 2.33. The predicted octanol–water partition coefficient (Wildman–Crippen LogP) is 2.84. The lowest BCUT2D eigenvalue weighted by Crippen LogP contribution is -2.30. The summed E-state index contributed by atoms with van der Waals surface area (Å²) in [5.74, 6) is -1.97. The van der Waals surface area contributed by atoms with E-state index in [1.807, 2.05) is 32.0 Å². The number of hydrogen-bond donors (Lipinski definition) is 1. The summed E-state index contributed by atoms with van der Waals surface area (Å²) in [7, 11) is 0. The molecule has 0 saturated heterocycles. The number of carbonyl (C=O) groups excluding carboxylic acids is 3. The highest BCUT2D eigenvalue weighted by atomic mass is 16.5. The number of nitrogens with zero attached hydrogens (tertiary/aromatic N) is 3. The summed E-state index contributed by atoms with van der Waals surface area (Å²) >= 11 is 0. The van der Waals surface area contributed by atoms with Gasteiger partial charge in [0.05, 0.1) is 13.2 Å². The third-order valence-electron chi connectivity index (χ3n) is 4.27. The Balaban J connectivity index is 2.43. The van der Waals surface area contributed by atoms with E-state index in [1.54, 1.807) is 20.8 Å². The van der Waals surface area contributed by atoms with Crippen LogP contribution in [0, 0.1) is 13.8 Å². The van der Waals surface area contributed by atoms with Crippen LogP contribution in [0.4, 0.5) is 5.69 Å². The van der Waals surface area contributed by atoms with Gasteiger partial charge in [-0.1, -0.05) is 24.3 Å². The molecule has 1 aromatic heterocycles. The average Bonchev–Trinajstić information content (AvgIpc) is 3.10. The minimum Gasteiger partial charge on any atom is -0.461 e. The van der Waals surface area contributed by atoms with Crippen LogP contribution in [0.15, 0.2) is 18.2 Å². The van der Waals surface area contributed by atoms with Crippen molar-refractivity contribution in [2.45, 2.75) is 47.1 Å². The maximum Gasteiger partial charge on any atom is 0.361 e. The number of ether oxygens (including phenoxy) is 2. The van der Waals surface area contributed by atoms with Gasteiger partial charge in [-0.15, -0.1) is 5.10 Å². The van der Waals surface area contributed by atoms with Crippen molar-refractivity contribution in [3.05, 3.63) is 40.7 Å².